The van der Waals surface area contributed by atoms with Crippen molar-refractivity contribution in [3.05, 3.63) is 63.1 Å². The van der Waals surface area contributed by atoms with E-state index in [2.05, 4.69) is 21.2 Å². The SMILES string of the molecule is Nc1ccc(C(=O)NCc2ccc(Br)cc2)cc1Cl. The van der Waals surface area contributed by atoms with E-state index in [0.29, 0.717) is 22.8 Å². The van der Waals surface area contributed by atoms with Gasteiger partial charge in [0.05, 0.1) is 10.7 Å². The van der Waals surface area contributed by atoms with Crippen LogP contribution < -0.4 is 11.1 Å². The van der Waals surface area contributed by atoms with Crippen LogP contribution in [0.5, 0.6) is 0 Å². The van der Waals surface area contributed by atoms with Crippen LogP contribution in [-0.4, -0.2) is 5.91 Å². The molecule has 0 aliphatic heterocycles. The molecule has 0 aromatic heterocycles. The highest BCUT2D eigenvalue weighted by molar-refractivity contribution is 9.10. The normalized spacial score (nSPS) is 10.2. The number of rotatable bonds is 3. The number of nitrogens with one attached hydrogen (secondary N) is 1. The fraction of sp³-hybridized carbons (Fsp3) is 0.0714. The first-order valence-electron chi connectivity index (χ1n) is 5.64. The van der Waals surface area contributed by atoms with Crippen molar-refractivity contribution in [3.8, 4) is 0 Å². The number of anilines is 1. The summed E-state index contributed by atoms with van der Waals surface area (Å²) < 4.78 is 1.01. The van der Waals surface area contributed by atoms with Crippen LogP contribution in [0, 0.1) is 0 Å². The molecule has 2 aromatic carbocycles. The second-order valence-corrected chi connectivity index (χ2v) is 5.37. The van der Waals surface area contributed by atoms with Gasteiger partial charge in [-0.1, -0.05) is 39.7 Å². The lowest BCUT2D eigenvalue weighted by Gasteiger charge is -2.07. The average molecular weight is 340 g/mol. The molecule has 0 heterocycles. The summed E-state index contributed by atoms with van der Waals surface area (Å²) in [6.07, 6.45) is 0. The van der Waals surface area contributed by atoms with E-state index in [1.807, 2.05) is 24.3 Å². The summed E-state index contributed by atoms with van der Waals surface area (Å²) >= 11 is 9.25. The lowest BCUT2D eigenvalue weighted by Crippen LogP contribution is -2.22. The predicted octanol–water partition coefficient (Wildman–Crippen LogP) is 3.61. The predicted molar refractivity (Wildman–Crippen MR) is 81.2 cm³/mol. The second-order valence-electron chi connectivity index (χ2n) is 4.05. The van der Waals surface area contributed by atoms with Gasteiger partial charge in [0.15, 0.2) is 0 Å². The molecule has 2 aromatic rings. The number of carbonyl (C=O) groups excluding carboxylic acids is 1. The summed E-state index contributed by atoms with van der Waals surface area (Å²) in [5.74, 6) is -0.176. The Hall–Kier alpha value is -1.52. The summed E-state index contributed by atoms with van der Waals surface area (Å²) in [7, 11) is 0. The lowest BCUT2D eigenvalue weighted by atomic mass is 10.2. The summed E-state index contributed by atoms with van der Waals surface area (Å²) in [6, 6.07) is 12.6. The van der Waals surface area contributed by atoms with Gasteiger partial charge in [-0.15, -0.1) is 0 Å². The highest BCUT2D eigenvalue weighted by atomic mass is 79.9. The van der Waals surface area contributed by atoms with Crippen molar-refractivity contribution in [2.45, 2.75) is 6.54 Å². The largest absolute Gasteiger partial charge is 0.398 e. The molecule has 3 N–H and O–H groups in total. The highest BCUT2D eigenvalue weighted by Crippen LogP contribution is 2.19. The van der Waals surface area contributed by atoms with E-state index in [1.165, 1.54) is 0 Å². The Bertz CT molecular complexity index is 599. The first kappa shape index (κ1) is 13.9. The number of hydrogen-bond acceptors (Lipinski definition) is 2. The first-order chi connectivity index (χ1) is 9.06. The maximum absolute atomic E-state index is 11.9. The van der Waals surface area contributed by atoms with E-state index >= 15 is 0 Å². The van der Waals surface area contributed by atoms with Crippen LogP contribution >= 0.6 is 27.5 Å². The summed E-state index contributed by atoms with van der Waals surface area (Å²) in [6.45, 7) is 0.466. The minimum Gasteiger partial charge on any atom is -0.398 e. The lowest BCUT2D eigenvalue weighted by molar-refractivity contribution is 0.0951. The van der Waals surface area contributed by atoms with Crippen molar-refractivity contribution < 1.29 is 4.79 Å². The van der Waals surface area contributed by atoms with Crippen LogP contribution in [0.1, 0.15) is 15.9 Å². The highest BCUT2D eigenvalue weighted by Gasteiger charge is 2.07. The van der Waals surface area contributed by atoms with Gasteiger partial charge in [0, 0.05) is 16.6 Å². The topological polar surface area (TPSA) is 55.1 Å². The van der Waals surface area contributed by atoms with Crippen molar-refractivity contribution in [2.75, 3.05) is 5.73 Å². The standard InChI is InChI=1S/C14H12BrClN2O/c15-11-4-1-9(2-5-11)8-18-14(19)10-3-6-13(17)12(16)7-10/h1-7H,8,17H2,(H,18,19). The third kappa shape index (κ3) is 3.72. The van der Waals surface area contributed by atoms with E-state index < -0.39 is 0 Å². The second kappa shape index (κ2) is 6.08. The monoisotopic (exact) mass is 338 g/mol. The number of nitrogens with two attached hydrogens (primary N) is 1. The Labute approximate surface area is 124 Å². The number of nitrogen functional groups attached to an aromatic ring is 1. The van der Waals surface area contributed by atoms with Crippen LogP contribution in [0.25, 0.3) is 0 Å². The van der Waals surface area contributed by atoms with Crippen LogP contribution in [0.3, 0.4) is 0 Å². The molecule has 98 valence electrons. The molecule has 19 heavy (non-hydrogen) atoms. The maximum Gasteiger partial charge on any atom is 0.251 e. The van der Waals surface area contributed by atoms with Gasteiger partial charge in [0.1, 0.15) is 0 Å². The van der Waals surface area contributed by atoms with Crippen LogP contribution in [0.15, 0.2) is 46.9 Å². The Balaban J connectivity index is 2.01. The van der Waals surface area contributed by atoms with E-state index in [9.17, 15) is 4.79 Å². The van der Waals surface area contributed by atoms with Crippen molar-refractivity contribution >= 4 is 39.1 Å². The van der Waals surface area contributed by atoms with E-state index in [0.717, 1.165) is 10.0 Å². The average Bonchev–Trinajstić information content (AvgIpc) is 2.41. The van der Waals surface area contributed by atoms with Gasteiger partial charge in [-0.2, -0.15) is 0 Å². The fourth-order valence-electron chi connectivity index (χ4n) is 1.56. The van der Waals surface area contributed by atoms with Gasteiger partial charge in [0.2, 0.25) is 0 Å². The zero-order valence-corrected chi connectivity index (χ0v) is 12.3. The molecule has 0 saturated heterocycles. The van der Waals surface area contributed by atoms with Crippen LogP contribution in [-0.2, 0) is 6.54 Å². The molecule has 0 aliphatic rings. The van der Waals surface area contributed by atoms with Crippen molar-refractivity contribution in [2.24, 2.45) is 0 Å². The molecular weight excluding hydrogens is 328 g/mol. The quantitative estimate of drug-likeness (QED) is 0.839. The summed E-state index contributed by atoms with van der Waals surface area (Å²) in [4.78, 5) is 11.9. The zero-order chi connectivity index (χ0) is 13.8. The van der Waals surface area contributed by atoms with Crippen molar-refractivity contribution in [1.29, 1.82) is 0 Å². The molecule has 0 fully saturated rings. The maximum atomic E-state index is 11.9. The van der Waals surface area contributed by atoms with Gasteiger partial charge < -0.3 is 11.1 Å². The van der Waals surface area contributed by atoms with Crippen molar-refractivity contribution in [1.82, 2.24) is 5.32 Å². The molecule has 0 aliphatic carbocycles. The molecule has 1 amide bonds. The Kier molecular flexibility index (Phi) is 4.45. The minimum atomic E-state index is -0.176. The molecule has 5 heteroatoms. The van der Waals surface area contributed by atoms with Crippen LogP contribution in [0.2, 0.25) is 5.02 Å². The number of halogens is 2. The molecule has 0 saturated carbocycles. The third-order valence-corrected chi connectivity index (χ3v) is 3.48. The molecular formula is C14H12BrClN2O. The fourth-order valence-corrected chi connectivity index (χ4v) is 2.00. The molecule has 0 spiro atoms. The van der Waals surface area contributed by atoms with E-state index in [4.69, 9.17) is 17.3 Å². The number of hydrogen-bond donors (Lipinski definition) is 2. The summed E-state index contributed by atoms with van der Waals surface area (Å²) in [5.41, 5.74) is 7.59. The molecule has 0 unspecified atom stereocenters. The van der Waals surface area contributed by atoms with Gasteiger partial charge in [-0.05, 0) is 35.9 Å². The third-order valence-electron chi connectivity index (χ3n) is 2.63. The zero-order valence-electron chi connectivity index (χ0n) is 9.99. The Morgan fingerprint density at radius 3 is 2.53 bits per heavy atom. The van der Waals surface area contributed by atoms with Crippen LogP contribution in [0.4, 0.5) is 5.69 Å². The van der Waals surface area contributed by atoms with Gasteiger partial charge >= 0.3 is 0 Å². The first-order valence-corrected chi connectivity index (χ1v) is 6.81. The Morgan fingerprint density at radius 2 is 1.89 bits per heavy atom. The molecule has 0 radical (unpaired) electrons. The smallest absolute Gasteiger partial charge is 0.251 e. The minimum absolute atomic E-state index is 0.176. The molecule has 3 nitrogen and oxygen atoms in total. The molecule has 2 rings (SSSR count). The van der Waals surface area contributed by atoms with Gasteiger partial charge in [-0.3, -0.25) is 4.79 Å². The van der Waals surface area contributed by atoms with E-state index in [1.54, 1.807) is 18.2 Å². The summed E-state index contributed by atoms with van der Waals surface area (Å²) in [5, 5.41) is 3.21. The van der Waals surface area contributed by atoms with E-state index in [-0.39, 0.29) is 5.91 Å². The molecule has 0 bridgehead atoms. The number of amides is 1. The molecule has 0 atom stereocenters. The number of benzene rings is 2. The van der Waals surface area contributed by atoms with Gasteiger partial charge in [-0.25, -0.2) is 0 Å². The van der Waals surface area contributed by atoms with Gasteiger partial charge in [0.25, 0.3) is 5.91 Å². The Morgan fingerprint density at radius 1 is 1.21 bits per heavy atom. The van der Waals surface area contributed by atoms with Crippen molar-refractivity contribution in [3.63, 3.8) is 0 Å². The number of carbonyl (C=O) groups is 1.